The molecule has 0 fully saturated rings. The second kappa shape index (κ2) is 6.25. The zero-order valence-corrected chi connectivity index (χ0v) is 11.2. The van der Waals surface area contributed by atoms with Crippen LogP contribution in [0.1, 0.15) is 6.92 Å². The van der Waals surface area contributed by atoms with Gasteiger partial charge in [0.2, 0.25) is 15.3 Å². The summed E-state index contributed by atoms with van der Waals surface area (Å²) in [5.74, 6) is 0. The third kappa shape index (κ3) is 3.88. The van der Waals surface area contributed by atoms with Crippen LogP contribution in [0.25, 0.3) is 0 Å². The highest BCUT2D eigenvalue weighted by Crippen LogP contribution is 2.12. The highest BCUT2D eigenvalue weighted by Gasteiger charge is 2.21. The fourth-order valence-corrected chi connectivity index (χ4v) is 2.22. The largest absolute Gasteiger partial charge is 0.380 e. The van der Waals surface area contributed by atoms with Crippen LogP contribution in [0.3, 0.4) is 0 Å². The summed E-state index contributed by atoms with van der Waals surface area (Å²) >= 11 is 5.49. The summed E-state index contributed by atoms with van der Waals surface area (Å²) in [6.07, 6.45) is 2.36. The summed E-state index contributed by atoms with van der Waals surface area (Å²) in [4.78, 5) is 7.30. The maximum atomic E-state index is 12.0. The molecule has 0 amide bonds. The Labute approximate surface area is 106 Å². The van der Waals surface area contributed by atoms with Gasteiger partial charge in [0, 0.05) is 20.2 Å². The number of ether oxygens (including phenoxy) is 1. The summed E-state index contributed by atoms with van der Waals surface area (Å²) in [7, 11) is -2.09. The highest BCUT2D eigenvalue weighted by atomic mass is 35.5. The SMILES string of the molecule is CCOCCN(C)S(=O)(=O)c1cnc(Cl)nc1. The third-order valence-corrected chi connectivity index (χ3v) is 4.06. The van der Waals surface area contributed by atoms with Gasteiger partial charge in [-0.25, -0.2) is 18.4 Å². The molecule has 6 nitrogen and oxygen atoms in total. The smallest absolute Gasteiger partial charge is 0.245 e. The molecule has 17 heavy (non-hydrogen) atoms. The summed E-state index contributed by atoms with van der Waals surface area (Å²) in [5.41, 5.74) is 0. The Morgan fingerprint density at radius 2 is 2.00 bits per heavy atom. The van der Waals surface area contributed by atoms with Gasteiger partial charge >= 0.3 is 0 Å². The minimum Gasteiger partial charge on any atom is -0.380 e. The first kappa shape index (κ1) is 14.3. The summed E-state index contributed by atoms with van der Waals surface area (Å²) in [6, 6.07) is 0. The van der Waals surface area contributed by atoms with Crippen LogP contribution in [0.15, 0.2) is 17.3 Å². The monoisotopic (exact) mass is 279 g/mol. The number of aromatic nitrogens is 2. The highest BCUT2D eigenvalue weighted by molar-refractivity contribution is 7.89. The van der Waals surface area contributed by atoms with E-state index in [4.69, 9.17) is 16.3 Å². The van der Waals surface area contributed by atoms with Crippen molar-refractivity contribution in [2.45, 2.75) is 11.8 Å². The lowest BCUT2D eigenvalue weighted by molar-refractivity contribution is 0.138. The number of hydrogen-bond donors (Lipinski definition) is 0. The normalized spacial score (nSPS) is 12.0. The molecule has 0 aliphatic heterocycles. The molecule has 0 aliphatic rings. The van der Waals surface area contributed by atoms with Gasteiger partial charge in [-0.3, -0.25) is 0 Å². The lowest BCUT2D eigenvalue weighted by atomic mass is 10.7. The van der Waals surface area contributed by atoms with Crippen molar-refractivity contribution in [3.63, 3.8) is 0 Å². The second-order valence-electron chi connectivity index (χ2n) is 3.21. The molecular weight excluding hydrogens is 266 g/mol. The van der Waals surface area contributed by atoms with Crippen LogP contribution in [0, 0.1) is 0 Å². The van der Waals surface area contributed by atoms with Crippen molar-refractivity contribution >= 4 is 21.6 Å². The molecule has 8 heteroatoms. The Morgan fingerprint density at radius 1 is 1.41 bits per heavy atom. The van der Waals surface area contributed by atoms with Crippen molar-refractivity contribution in [1.82, 2.24) is 14.3 Å². The van der Waals surface area contributed by atoms with Crippen LogP contribution in [0.5, 0.6) is 0 Å². The average Bonchev–Trinajstić information content (AvgIpc) is 2.29. The van der Waals surface area contributed by atoms with Gasteiger partial charge in [0.15, 0.2) is 0 Å². The Hall–Kier alpha value is -0.760. The van der Waals surface area contributed by atoms with Gasteiger partial charge in [0.25, 0.3) is 0 Å². The van der Waals surface area contributed by atoms with Crippen molar-refractivity contribution in [2.24, 2.45) is 0 Å². The van der Waals surface area contributed by atoms with E-state index in [-0.39, 0.29) is 16.7 Å². The lowest BCUT2D eigenvalue weighted by Crippen LogP contribution is -2.30. The quantitative estimate of drug-likeness (QED) is 0.569. The molecule has 0 aliphatic carbocycles. The van der Waals surface area contributed by atoms with E-state index >= 15 is 0 Å². The van der Waals surface area contributed by atoms with E-state index in [9.17, 15) is 8.42 Å². The Balaban J connectivity index is 2.76. The van der Waals surface area contributed by atoms with Crippen molar-refractivity contribution in [2.75, 3.05) is 26.8 Å². The van der Waals surface area contributed by atoms with E-state index < -0.39 is 10.0 Å². The fraction of sp³-hybridized carbons (Fsp3) is 0.556. The molecule has 0 radical (unpaired) electrons. The van der Waals surface area contributed by atoms with Gasteiger partial charge < -0.3 is 4.74 Å². The Kier molecular flexibility index (Phi) is 5.26. The van der Waals surface area contributed by atoms with Crippen molar-refractivity contribution in [3.05, 3.63) is 17.7 Å². The van der Waals surface area contributed by atoms with Crippen LogP contribution >= 0.6 is 11.6 Å². The van der Waals surface area contributed by atoms with Crippen molar-refractivity contribution in [1.29, 1.82) is 0 Å². The van der Waals surface area contributed by atoms with Gasteiger partial charge in [-0.1, -0.05) is 0 Å². The molecular formula is C9H14ClN3O3S. The van der Waals surface area contributed by atoms with E-state index in [0.717, 1.165) is 0 Å². The molecule has 1 aromatic heterocycles. The molecule has 0 spiro atoms. The predicted molar refractivity (Wildman–Crippen MR) is 63.4 cm³/mol. The number of sulfonamides is 1. The number of hydrogen-bond acceptors (Lipinski definition) is 5. The molecule has 0 bridgehead atoms. The molecule has 0 aromatic carbocycles. The van der Waals surface area contributed by atoms with Crippen LogP contribution < -0.4 is 0 Å². The van der Waals surface area contributed by atoms with Gasteiger partial charge in [0.1, 0.15) is 4.90 Å². The maximum Gasteiger partial charge on any atom is 0.245 e. The first-order chi connectivity index (χ1) is 7.98. The van der Waals surface area contributed by atoms with E-state index in [0.29, 0.717) is 13.2 Å². The van der Waals surface area contributed by atoms with Crippen LogP contribution in [0.4, 0.5) is 0 Å². The van der Waals surface area contributed by atoms with E-state index in [1.165, 1.54) is 23.7 Å². The first-order valence-electron chi connectivity index (χ1n) is 5.00. The Morgan fingerprint density at radius 3 is 2.53 bits per heavy atom. The van der Waals surface area contributed by atoms with E-state index in [2.05, 4.69) is 9.97 Å². The maximum absolute atomic E-state index is 12.0. The lowest BCUT2D eigenvalue weighted by Gasteiger charge is -2.16. The molecule has 0 saturated heterocycles. The molecule has 0 atom stereocenters. The van der Waals surface area contributed by atoms with Gasteiger partial charge in [-0.15, -0.1) is 0 Å². The zero-order chi connectivity index (χ0) is 12.9. The minimum absolute atomic E-state index is 0.0147. The van der Waals surface area contributed by atoms with Crippen molar-refractivity contribution in [3.8, 4) is 0 Å². The summed E-state index contributed by atoms with van der Waals surface area (Å²) in [6.45, 7) is 3.03. The molecule has 0 unspecified atom stereocenters. The molecule has 0 N–H and O–H groups in total. The average molecular weight is 280 g/mol. The topological polar surface area (TPSA) is 72.4 Å². The molecule has 1 heterocycles. The number of nitrogens with zero attached hydrogens (tertiary/aromatic N) is 3. The van der Waals surface area contributed by atoms with Crippen LogP contribution in [-0.4, -0.2) is 49.5 Å². The molecule has 96 valence electrons. The third-order valence-electron chi connectivity index (χ3n) is 2.06. The molecule has 1 rings (SSSR count). The molecule has 0 saturated carbocycles. The number of likely N-dealkylation sites (N-methyl/N-ethyl adjacent to an activating group) is 1. The minimum atomic E-state index is -3.57. The zero-order valence-electron chi connectivity index (χ0n) is 9.63. The van der Waals surface area contributed by atoms with E-state index in [1.54, 1.807) is 0 Å². The standard InChI is InChI=1S/C9H14ClN3O3S/c1-3-16-5-4-13(2)17(14,15)8-6-11-9(10)12-7-8/h6-7H,3-5H2,1-2H3. The fourth-order valence-electron chi connectivity index (χ4n) is 1.07. The molecule has 1 aromatic rings. The Bertz CT molecular complexity index is 449. The van der Waals surface area contributed by atoms with Crippen molar-refractivity contribution < 1.29 is 13.2 Å². The van der Waals surface area contributed by atoms with Gasteiger partial charge in [-0.05, 0) is 18.5 Å². The van der Waals surface area contributed by atoms with Crippen LogP contribution in [-0.2, 0) is 14.8 Å². The van der Waals surface area contributed by atoms with Gasteiger partial charge in [0.05, 0.1) is 19.0 Å². The summed E-state index contributed by atoms with van der Waals surface area (Å²) in [5, 5.41) is 0.0147. The number of halogens is 1. The first-order valence-corrected chi connectivity index (χ1v) is 6.82. The van der Waals surface area contributed by atoms with Gasteiger partial charge in [-0.2, -0.15) is 4.31 Å². The number of rotatable bonds is 6. The summed E-state index contributed by atoms with van der Waals surface area (Å²) < 4.78 is 30.3. The predicted octanol–water partition coefficient (Wildman–Crippen LogP) is 0.787. The van der Waals surface area contributed by atoms with E-state index in [1.807, 2.05) is 6.92 Å². The van der Waals surface area contributed by atoms with Crippen LogP contribution in [0.2, 0.25) is 5.28 Å². The second-order valence-corrected chi connectivity index (χ2v) is 5.59.